The second-order valence-corrected chi connectivity index (χ2v) is 6.20. The van der Waals surface area contributed by atoms with Crippen molar-refractivity contribution in [1.82, 2.24) is 5.32 Å². The van der Waals surface area contributed by atoms with Crippen LogP contribution in [0.25, 0.3) is 0 Å². The van der Waals surface area contributed by atoms with E-state index in [1.165, 1.54) is 32.1 Å². The Hall–Kier alpha value is -0.610. The fraction of sp³-hybridized carbons (Fsp3) is 0.929. The third-order valence-corrected chi connectivity index (χ3v) is 4.75. The molecule has 1 heterocycles. The maximum absolute atomic E-state index is 12.4. The molecule has 2 aliphatic rings. The summed E-state index contributed by atoms with van der Waals surface area (Å²) in [6, 6.07) is 0.0680. The highest BCUT2D eigenvalue weighted by Gasteiger charge is 2.44. The van der Waals surface area contributed by atoms with Crippen molar-refractivity contribution in [2.75, 3.05) is 13.2 Å². The molecular weight excluding hydrogens is 228 g/mol. The van der Waals surface area contributed by atoms with Crippen molar-refractivity contribution >= 4 is 5.91 Å². The number of nitrogens with one attached hydrogen (secondary N) is 1. The summed E-state index contributed by atoms with van der Waals surface area (Å²) in [5.41, 5.74) is 5.43. The molecule has 1 saturated heterocycles. The minimum Gasteiger partial charge on any atom is -0.379 e. The van der Waals surface area contributed by atoms with Crippen molar-refractivity contribution < 1.29 is 9.53 Å². The molecule has 1 amide bonds. The second kappa shape index (κ2) is 5.57. The molecule has 3 N–H and O–H groups in total. The number of nitrogens with two attached hydrogens (primary N) is 1. The Kier molecular flexibility index (Phi) is 4.28. The fourth-order valence-corrected chi connectivity index (χ4v) is 3.05. The minimum absolute atomic E-state index is 0.0607. The van der Waals surface area contributed by atoms with Gasteiger partial charge in [0.2, 0.25) is 5.91 Å². The molecule has 0 spiro atoms. The highest BCUT2D eigenvalue weighted by molar-refractivity contribution is 5.83. The zero-order valence-electron chi connectivity index (χ0n) is 11.6. The van der Waals surface area contributed by atoms with Gasteiger partial charge in [0, 0.05) is 12.1 Å². The molecule has 1 saturated carbocycles. The van der Waals surface area contributed by atoms with Gasteiger partial charge in [-0.3, -0.25) is 4.79 Å². The Balaban J connectivity index is 1.90. The van der Waals surface area contributed by atoms with Crippen LogP contribution in [0, 0.1) is 11.3 Å². The molecule has 0 radical (unpaired) electrons. The molecule has 0 aromatic rings. The SMILES string of the molecule is C[C@@H](NC(=O)C1(C)COCC1N)C1CCCCC1. The van der Waals surface area contributed by atoms with Gasteiger partial charge < -0.3 is 15.8 Å². The number of hydrogen-bond acceptors (Lipinski definition) is 3. The van der Waals surface area contributed by atoms with Gasteiger partial charge in [-0.05, 0) is 32.6 Å². The van der Waals surface area contributed by atoms with E-state index in [1.807, 2.05) is 6.92 Å². The van der Waals surface area contributed by atoms with E-state index in [-0.39, 0.29) is 18.0 Å². The lowest BCUT2D eigenvalue weighted by Gasteiger charge is -2.32. The van der Waals surface area contributed by atoms with Gasteiger partial charge in [-0.2, -0.15) is 0 Å². The first kappa shape index (κ1) is 13.8. The first-order chi connectivity index (χ1) is 8.54. The molecule has 2 fully saturated rings. The zero-order chi connectivity index (χ0) is 13.2. The van der Waals surface area contributed by atoms with Crippen LogP contribution >= 0.6 is 0 Å². The lowest BCUT2D eigenvalue weighted by atomic mass is 9.82. The molecule has 0 aromatic heterocycles. The molecule has 3 atom stereocenters. The maximum Gasteiger partial charge on any atom is 0.230 e. The second-order valence-electron chi connectivity index (χ2n) is 6.20. The number of amides is 1. The van der Waals surface area contributed by atoms with E-state index in [1.54, 1.807) is 0 Å². The first-order valence-electron chi connectivity index (χ1n) is 7.18. The van der Waals surface area contributed by atoms with E-state index in [0.29, 0.717) is 19.1 Å². The summed E-state index contributed by atoms with van der Waals surface area (Å²) in [4.78, 5) is 12.4. The number of hydrogen-bond donors (Lipinski definition) is 2. The smallest absolute Gasteiger partial charge is 0.230 e. The van der Waals surface area contributed by atoms with Crippen molar-refractivity contribution in [3.8, 4) is 0 Å². The Labute approximate surface area is 110 Å². The third-order valence-electron chi connectivity index (χ3n) is 4.75. The molecule has 104 valence electrons. The Morgan fingerprint density at radius 1 is 1.39 bits per heavy atom. The van der Waals surface area contributed by atoms with Crippen LogP contribution in [0.2, 0.25) is 0 Å². The van der Waals surface area contributed by atoms with Gasteiger partial charge in [-0.15, -0.1) is 0 Å². The van der Waals surface area contributed by atoms with Crippen molar-refractivity contribution in [1.29, 1.82) is 0 Å². The standard InChI is InChI=1S/C14H26N2O2/c1-10(11-6-4-3-5-7-11)16-13(17)14(2)9-18-8-12(14)15/h10-12H,3-9,15H2,1-2H3,(H,16,17)/t10-,12?,14?/m1/s1. The van der Waals surface area contributed by atoms with Crippen LogP contribution < -0.4 is 11.1 Å². The molecule has 0 bridgehead atoms. The molecular formula is C14H26N2O2. The molecule has 4 heteroatoms. The summed E-state index contributed by atoms with van der Waals surface area (Å²) >= 11 is 0. The largest absolute Gasteiger partial charge is 0.379 e. The van der Waals surface area contributed by atoms with Crippen molar-refractivity contribution in [2.45, 2.75) is 58.0 Å². The quantitative estimate of drug-likeness (QED) is 0.801. The predicted molar refractivity (Wildman–Crippen MR) is 71.1 cm³/mol. The summed E-state index contributed by atoms with van der Waals surface area (Å²) in [5, 5.41) is 3.16. The van der Waals surface area contributed by atoms with E-state index in [9.17, 15) is 4.79 Å². The van der Waals surface area contributed by atoms with E-state index < -0.39 is 5.41 Å². The number of carbonyl (C=O) groups is 1. The lowest BCUT2D eigenvalue weighted by molar-refractivity contribution is -0.131. The van der Waals surface area contributed by atoms with Crippen LogP contribution in [0.1, 0.15) is 46.0 Å². The number of carbonyl (C=O) groups excluding carboxylic acids is 1. The maximum atomic E-state index is 12.4. The Morgan fingerprint density at radius 2 is 2.06 bits per heavy atom. The van der Waals surface area contributed by atoms with Crippen LogP contribution in [0.15, 0.2) is 0 Å². The molecule has 1 aliphatic carbocycles. The lowest BCUT2D eigenvalue weighted by Crippen LogP contribution is -2.53. The average Bonchev–Trinajstić information content (AvgIpc) is 2.72. The van der Waals surface area contributed by atoms with Crippen LogP contribution in [0.3, 0.4) is 0 Å². The summed E-state index contributed by atoms with van der Waals surface area (Å²) in [6.45, 7) is 4.96. The normalized spacial score (nSPS) is 35.4. The van der Waals surface area contributed by atoms with E-state index in [2.05, 4.69) is 12.2 Å². The monoisotopic (exact) mass is 254 g/mol. The van der Waals surface area contributed by atoms with E-state index >= 15 is 0 Å². The highest BCUT2D eigenvalue weighted by Crippen LogP contribution is 2.30. The molecule has 2 rings (SSSR count). The van der Waals surface area contributed by atoms with Gasteiger partial charge in [-0.25, -0.2) is 0 Å². The van der Waals surface area contributed by atoms with E-state index in [4.69, 9.17) is 10.5 Å². The average molecular weight is 254 g/mol. The van der Waals surface area contributed by atoms with Gasteiger partial charge in [-0.1, -0.05) is 19.3 Å². The number of ether oxygens (including phenoxy) is 1. The fourth-order valence-electron chi connectivity index (χ4n) is 3.05. The van der Waals surface area contributed by atoms with Gasteiger partial charge in [0.15, 0.2) is 0 Å². The Morgan fingerprint density at radius 3 is 2.61 bits per heavy atom. The molecule has 4 nitrogen and oxygen atoms in total. The molecule has 0 aromatic carbocycles. The predicted octanol–water partition coefficient (Wildman–Crippen LogP) is 1.44. The van der Waals surface area contributed by atoms with Gasteiger partial charge in [0.05, 0.1) is 18.6 Å². The molecule has 1 aliphatic heterocycles. The summed E-state index contributed by atoms with van der Waals surface area (Å²) < 4.78 is 5.33. The topological polar surface area (TPSA) is 64.3 Å². The van der Waals surface area contributed by atoms with Crippen LogP contribution in [-0.2, 0) is 9.53 Å². The van der Waals surface area contributed by atoms with Crippen LogP contribution in [-0.4, -0.2) is 31.2 Å². The van der Waals surface area contributed by atoms with Crippen molar-refractivity contribution in [3.05, 3.63) is 0 Å². The summed E-state index contributed by atoms with van der Waals surface area (Å²) in [6.07, 6.45) is 6.41. The Bertz CT molecular complexity index is 302. The van der Waals surface area contributed by atoms with Gasteiger partial charge >= 0.3 is 0 Å². The minimum atomic E-state index is -0.553. The van der Waals surface area contributed by atoms with E-state index in [0.717, 1.165) is 0 Å². The van der Waals surface area contributed by atoms with Gasteiger partial charge in [0.1, 0.15) is 0 Å². The zero-order valence-corrected chi connectivity index (χ0v) is 11.6. The number of rotatable bonds is 3. The first-order valence-corrected chi connectivity index (χ1v) is 7.18. The van der Waals surface area contributed by atoms with Gasteiger partial charge in [0.25, 0.3) is 0 Å². The third kappa shape index (κ3) is 2.69. The van der Waals surface area contributed by atoms with Crippen LogP contribution in [0.5, 0.6) is 0 Å². The summed E-state index contributed by atoms with van der Waals surface area (Å²) in [7, 11) is 0. The highest BCUT2D eigenvalue weighted by atomic mass is 16.5. The van der Waals surface area contributed by atoms with Crippen molar-refractivity contribution in [2.24, 2.45) is 17.1 Å². The molecule has 2 unspecified atom stereocenters. The van der Waals surface area contributed by atoms with Crippen LogP contribution in [0.4, 0.5) is 0 Å². The summed E-state index contributed by atoms with van der Waals surface area (Å²) in [5.74, 6) is 0.690. The van der Waals surface area contributed by atoms with Crippen molar-refractivity contribution in [3.63, 3.8) is 0 Å². The molecule has 18 heavy (non-hydrogen) atoms.